The van der Waals surface area contributed by atoms with Crippen LogP contribution in [0.4, 0.5) is 0 Å². The van der Waals surface area contributed by atoms with Crippen molar-refractivity contribution in [3.05, 3.63) is 12.2 Å². The van der Waals surface area contributed by atoms with Crippen LogP contribution in [0.25, 0.3) is 0 Å². The molecule has 0 aromatic rings. The van der Waals surface area contributed by atoms with Crippen LogP contribution in [-0.4, -0.2) is 193 Å². The van der Waals surface area contributed by atoms with Crippen LogP contribution in [0.2, 0.25) is 0 Å². The molecule has 94 heavy (non-hydrogen) atoms. The van der Waals surface area contributed by atoms with Gasteiger partial charge in [0, 0.05) is 6.42 Å². The van der Waals surface area contributed by atoms with Crippen molar-refractivity contribution >= 4 is 5.91 Å². The number of carbonyl (C=O) groups is 1. The Labute approximate surface area is 569 Å². The van der Waals surface area contributed by atoms with Gasteiger partial charge in [-0.3, -0.25) is 4.79 Å². The summed E-state index contributed by atoms with van der Waals surface area (Å²) < 4.78 is 34.4. The van der Waals surface area contributed by atoms with Gasteiger partial charge in [0.15, 0.2) is 18.9 Å². The number of rotatable bonds is 62. The number of aliphatic hydroxyl groups excluding tert-OH is 11. The standard InChI is InChI=1S/C75H143NO18/c1-3-5-7-9-11-13-15-17-19-21-23-24-25-26-27-28-29-30-31-32-33-35-36-38-40-42-44-46-48-50-52-59(80)58(76-63(81)53-51-49-47-45-43-41-39-37-34-22-20-18-16-14-12-10-8-6-4-2)57-89-73-69(87)66(84)71(61(55-78)91-73)94-75-70(88)67(85)72(62(56-79)92-75)93-74-68(86)65(83)64(82)60(54-77)90-74/h50,52,58-62,64-75,77-80,82-88H,3-49,51,53-57H2,1-2H3,(H,76,81)/b52-50+. The summed E-state index contributed by atoms with van der Waals surface area (Å²) in [5.74, 6) is -0.268. The van der Waals surface area contributed by atoms with E-state index in [2.05, 4.69) is 19.2 Å². The molecule has 3 aliphatic rings. The van der Waals surface area contributed by atoms with Crippen LogP contribution in [0.1, 0.15) is 328 Å². The highest BCUT2D eigenvalue weighted by Crippen LogP contribution is 2.33. The van der Waals surface area contributed by atoms with E-state index in [9.17, 15) is 61.0 Å². The van der Waals surface area contributed by atoms with Gasteiger partial charge >= 0.3 is 0 Å². The van der Waals surface area contributed by atoms with Crippen LogP contribution in [0.5, 0.6) is 0 Å². The Hall–Kier alpha value is -1.47. The number of hydrogen-bond donors (Lipinski definition) is 12. The van der Waals surface area contributed by atoms with Crippen LogP contribution in [-0.2, 0) is 33.2 Å². The lowest BCUT2D eigenvalue weighted by molar-refractivity contribution is -0.379. The summed E-state index contributed by atoms with van der Waals surface area (Å²) in [4.78, 5) is 13.4. The molecule has 12 N–H and O–H groups in total. The van der Waals surface area contributed by atoms with E-state index in [1.54, 1.807) is 6.08 Å². The van der Waals surface area contributed by atoms with Gasteiger partial charge in [-0.25, -0.2) is 0 Å². The number of unbranched alkanes of at least 4 members (excludes halogenated alkanes) is 46. The normalized spacial score (nSPS) is 27.4. The summed E-state index contributed by atoms with van der Waals surface area (Å²) in [6.07, 6.45) is 39.1. The third-order valence-corrected chi connectivity index (χ3v) is 19.8. The number of hydrogen-bond acceptors (Lipinski definition) is 18. The highest BCUT2D eigenvalue weighted by atomic mass is 16.8. The van der Waals surface area contributed by atoms with E-state index in [4.69, 9.17) is 28.4 Å². The molecule has 17 unspecified atom stereocenters. The molecule has 0 saturated carbocycles. The average Bonchev–Trinajstić information content (AvgIpc) is 0.787. The molecule has 0 spiro atoms. The van der Waals surface area contributed by atoms with Crippen LogP contribution < -0.4 is 5.32 Å². The van der Waals surface area contributed by atoms with Crippen LogP contribution in [0.3, 0.4) is 0 Å². The van der Waals surface area contributed by atoms with Gasteiger partial charge in [-0.15, -0.1) is 0 Å². The van der Waals surface area contributed by atoms with Gasteiger partial charge in [0.1, 0.15) is 73.2 Å². The highest BCUT2D eigenvalue weighted by molar-refractivity contribution is 5.76. The van der Waals surface area contributed by atoms with Crippen molar-refractivity contribution in [1.29, 1.82) is 0 Å². The number of allylic oxidation sites excluding steroid dienone is 1. The zero-order valence-electron chi connectivity index (χ0n) is 59.2. The van der Waals surface area contributed by atoms with E-state index in [1.165, 1.54) is 257 Å². The van der Waals surface area contributed by atoms with E-state index < -0.39 is 124 Å². The summed E-state index contributed by atoms with van der Waals surface area (Å²) in [5.41, 5.74) is 0. The molecule has 3 heterocycles. The molecule has 17 atom stereocenters. The van der Waals surface area contributed by atoms with Gasteiger partial charge in [0.25, 0.3) is 0 Å². The fraction of sp³-hybridized carbons (Fsp3) is 0.960. The minimum absolute atomic E-state index is 0.250. The highest BCUT2D eigenvalue weighted by Gasteiger charge is 2.53. The molecular formula is C75H143NO18. The predicted molar refractivity (Wildman–Crippen MR) is 370 cm³/mol. The second-order valence-electron chi connectivity index (χ2n) is 28.2. The van der Waals surface area contributed by atoms with Crippen LogP contribution in [0, 0.1) is 0 Å². The maximum absolute atomic E-state index is 13.4. The Morgan fingerprint density at radius 3 is 1.00 bits per heavy atom. The van der Waals surface area contributed by atoms with Crippen molar-refractivity contribution in [3.63, 3.8) is 0 Å². The lowest BCUT2D eigenvalue weighted by Gasteiger charge is -2.48. The zero-order valence-corrected chi connectivity index (χ0v) is 59.2. The van der Waals surface area contributed by atoms with Crippen LogP contribution in [0.15, 0.2) is 12.2 Å². The van der Waals surface area contributed by atoms with Crippen LogP contribution >= 0.6 is 0 Å². The Balaban J connectivity index is 1.38. The Morgan fingerprint density at radius 1 is 0.372 bits per heavy atom. The van der Waals surface area contributed by atoms with Gasteiger partial charge in [0.2, 0.25) is 5.91 Å². The minimum Gasteiger partial charge on any atom is -0.394 e. The third-order valence-electron chi connectivity index (χ3n) is 19.8. The minimum atomic E-state index is -1.98. The fourth-order valence-electron chi connectivity index (χ4n) is 13.5. The summed E-state index contributed by atoms with van der Waals surface area (Å²) in [6, 6.07) is -0.969. The summed E-state index contributed by atoms with van der Waals surface area (Å²) >= 11 is 0. The van der Waals surface area contributed by atoms with Crippen molar-refractivity contribution < 1.29 is 89.4 Å². The number of carbonyl (C=O) groups excluding carboxylic acids is 1. The molecule has 3 fully saturated rings. The van der Waals surface area contributed by atoms with E-state index in [0.717, 1.165) is 44.9 Å². The quantitative estimate of drug-likeness (QED) is 0.0199. The molecule has 19 nitrogen and oxygen atoms in total. The SMILES string of the molecule is CCCCCCCCCCCCCCCCCCCCCCCCCCCCCC/C=C/C(O)C(COC1OC(CO)C(OC2OC(CO)C(OC3OC(CO)C(O)C(O)C3O)C(O)C2O)C(O)C1O)NC(=O)CCCCCCCCCCCCCCCCCCCCC. The Kier molecular flexibility index (Phi) is 52.8. The van der Waals surface area contributed by atoms with Crippen molar-refractivity contribution in [2.24, 2.45) is 0 Å². The number of aliphatic hydroxyl groups is 11. The van der Waals surface area contributed by atoms with Gasteiger partial charge in [0.05, 0.1) is 38.6 Å². The Morgan fingerprint density at radius 2 is 0.660 bits per heavy atom. The lowest BCUT2D eigenvalue weighted by atomic mass is 9.96. The van der Waals surface area contributed by atoms with E-state index in [0.29, 0.717) is 6.42 Å². The van der Waals surface area contributed by atoms with Gasteiger partial charge in [-0.05, 0) is 19.3 Å². The summed E-state index contributed by atoms with van der Waals surface area (Å²) in [7, 11) is 0. The summed E-state index contributed by atoms with van der Waals surface area (Å²) in [6.45, 7) is 1.79. The molecule has 0 aromatic heterocycles. The molecule has 3 aliphatic heterocycles. The molecule has 0 radical (unpaired) electrons. The predicted octanol–water partition coefficient (Wildman–Crippen LogP) is 12.0. The smallest absolute Gasteiger partial charge is 0.220 e. The monoisotopic (exact) mass is 1350 g/mol. The maximum atomic E-state index is 13.4. The van der Waals surface area contributed by atoms with E-state index in [-0.39, 0.29) is 18.9 Å². The lowest BCUT2D eigenvalue weighted by Crippen LogP contribution is -2.66. The Bertz CT molecular complexity index is 1750. The van der Waals surface area contributed by atoms with E-state index >= 15 is 0 Å². The van der Waals surface area contributed by atoms with Crippen molar-refractivity contribution in [1.82, 2.24) is 5.32 Å². The largest absolute Gasteiger partial charge is 0.394 e. The maximum Gasteiger partial charge on any atom is 0.220 e. The first-order chi connectivity index (χ1) is 45.8. The summed E-state index contributed by atoms with van der Waals surface area (Å²) in [5, 5.41) is 121. The third kappa shape index (κ3) is 37.8. The molecule has 3 saturated heterocycles. The fourth-order valence-corrected chi connectivity index (χ4v) is 13.5. The van der Waals surface area contributed by atoms with E-state index in [1.807, 2.05) is 6.08 Å². The second-order valence-corrected chi connectivity index (χ2v) is 28.2. The first-order valence-electron chi connectivity index (χ1n) is 38.9. The molecule has 3 rings (SSSR count). The zero-order chi connectivity index (χ0) is 68.2. The second kappa shape index (κ2) is 57.2. The van der Waals surface area contributed by atoms with Crippen molar-refractivity contribution in [2.45, 2.75) is 433 Å². The molecule has 0 aromatic carbocycles. The number of ether oxygens (including phenoxy) is 6. The molecule has 0 bridgehead atoms. The first-order valence-corrected chi connectivity index (χ1v) is 38.9. The topological polar surface area (TPSA) is 307 Å². The molecule has 556 valence electrons. The van der Waals surface area contributed by atoms with Gasteiger partial charge in [-0.2, -0.15) is 0 Å². The number of nitrogens with one attached hydrogen (secondary N) is 1. The number of amides is 1. The molecular weight excluding hydrogens is 1200 g/mol. The van der Waals surface area contributed by atoms with Gasteiger partial charge in [-0.1, -0.05) is 315 Å². The van der Waals surface area contributed by atoms with Crippen molar-refractivity contribution in [3.8, 4) is 0 Å². The molecule has 0 aliphatic carbocycles. The molecule has 19 heteroatoms. The molecule has 1 amide bonds. The first kappa shape index (κ1) is 86.8. The van der Waals surface area contributed by atoms with Gasteiger partial charge < -0.3 is 89.9 Å². The average molecular weight is 1350 g/mol. The van der Waals surface area contributed by atoms with Crippen molar-refractivity contribution in [2.75, 3.05) is 26.4 Å².